The molecule has 21 heavy (non-hydrogen) atoms. The maximum atomic E-state index is 12.0. The van der Waals surface area contributed by atoms with Crippen molar-refractivity contribution in [1.82, 2.24) is 4.72 Å². The first kappa shape index (κ1) is 16.9. The lowest BCUT2D eigenvalue weighted by Gasteiger charge is -2.20. The fourth-order valence-corrected chi connectivity index (χ4v) is 2.49. The third-order valence-corrected chi connectivity index (χ3v) is 4.22. The molecule has 0 unspecified atom stereocenters. The molecular formula is C11H15N3O6S. The number of hydrogen-bond acceptors (Lipinski definition) is 6. The van der Waals surface area contributed by atoms with Crippen molar-refractivity contribution in [1.29, 1.82) is 0 Å². The number of nitro groups is 1. The molecule has 0 spiro atoms. The average molecular weight is 317 g/mol. The van der Waals surface area contributed by atoms with Crippen molar-refractivity contribution in [3.05, 3.63) is 28.3 Å². The first-order valence-corrected chi connectivity index (χ1v) is 7.23. The van der Waals surface area contributed by atoms with E-state index >= 15 is 0 Å². The van der Waals surface area contributed by atoms with Crippen molar-refractivity contribution < 1.29 is 23.2 Å². The molecule has 0 fully saturated rings. The van der Waals surface area contributed by atoms with Crippen LogP contribution in [0, 0.1) is 15.5 Å². The Balaban J connectivity index is 3.07. The third-order valence-electron chi connectivity index (χ3n) is 2.83. The van der Waals surface area contributed by atoms with Crippen LogP contribution in [0.2, 0.25) is 0 Å². The van der Waals surface area contributed by atoms with E-state index in [4.69, 9.17) is 5.73 Å². The van der Waals surface area contributed by atoms with Gasteiger partial charge < -0.3 is 10.8 Å². The van der Waals surface area contributed by atoms with Crippen molar-refractivity contribution in [3.8, 4) is 5.75 Å². The zero-order valence-corrected chi connectivity index (χ0v) is 12.2. The summed E-state index contributed by atoms with van der Waals surface area (Å²) in [5.74, 6) is -1.33. The molecule has 0 aliphatic rings. The number of primary amides is 1. The normalized spacial score (nSPS) is 12.1. The number of carbonyl (C=O) groups excluding carboxylic acids is 1. The molecule has 4 N–H and O–H groups in total. The van der Waals surface area contributed by atoms with Gasteiger partial charge in [0.15, 0.2) is 5.75 Å². The van der Waals surface area contributed by atoms with E-state index in [0.29, 0.717) is 0 Å². The van der Waals surface area contributed by atoms with Crippen LogP contribution >= 0.6 is 0 Å². The molecule has 116 valence electrons. The lowest BCUT2D eigenvalue weighted by Crippen LogP contribution is -2.42. The summed E-state index contributed by atoms with van der Waals surface area (Å²) in [5.41, 5.74) is 3.28. The summed E-state index contributed by atoms with van der Waals surface area (Å²) in [4.78, 5) is 20.5. The van der Waals surface area contributed by atoms with E-state index in [9.17, 15) is 28.4 Å². The molecule has 10 heteroatoms. The molecule has 0 aliphatic heterocycles. The van der Waals surface area contributed by atoms with E-state index in [0.717, 1.165) is 18.2 Å². The predicted molar refractivity (Wildman–Crippen MR) is 72.9 cm³/mol. The molecule has 0 radical (unpaired) electrons. The van der Waals surface area contributed by atoms with Crippen LogP contribution in [-0.4, -0.2) is 30.9 Å². The number of rotatable bonds is 6. The second kappa shape index (κ2) is 5.66. The van der Waals surface area contributed by atoms with E-state index in [1.165, 1.54) is 13.8 Å². The van der Waals surface area contributed by atoms with E-state index in [1.807, 2.05) is 0 Å². The number of amides is 1. The van der Waals surface area contributed by atoms with Gasteiger partial charge in [0.25, 0.3) is 0 Å². The predicted octanol–water partition coefficient (Wildman–Crippen LogP) is 0.0902. The standard InChI is InChI=1S/C11H15N3O6S/c1-11(2,10(12)16)6-13-21(19,20)7-3-4-9(15)8(5-7)14(17)18/h3-5,13,15H,6H2,1-2H3,(H2,12,16). The van der Waals surface area contributed by atoms with Gasteiger partial charge in [0.05, 0.1) is 15.2 Å². The average Bonchev–Trinajstić information content (AvgIpc) is 2.36. The van der Waals surface area contributed by atoms with Gasteiger partial charge in [0, 0.05) is 12.6 Å². The first-order chi connectivity index (χ1) is 9.47. The Kier molecular flexibility index (Phi) is 4.54. The number of carbonyl (C=O) groups is 1. The highest BCUT2D eigenvalue weighted by Crippen LogP contribution is 2.28. The summed E-state index contributed by atoms with van der Waals surface area (Å²) in [6, 6.07) is 2.66. The van der Waals surface area contributed by atoms with Crippen LogP contribution in [0.4, 0.5) is 5.69 Å². The fraction of sp³-hybridized carbons (Fsp3) is 0.364. The summed E-state index contributed by atoms with van der Waals surface area (Å²) < 4.78 is 26.2. The summed E-state index contributed by atoms with van der Waals surface area (Å²) in [7, 11) is -4.07. The molecule has 1 amide bonds. The van der Waals surface area contributed by atoms with Gasteiger partial charge in [0.2, 0.25) is 15.9 Å². The summed E-state index contributed by atoms with van der Waals surface area (Å²) in [6.07, 6.45) is 0. The van der Waals surface area contributed by atoms with Gasteiger partial charge >= 0.3 is 5.69 Å². The lowest BCUT2D eigenvalue weighted by molar-refractivity contribution is -0.386. The van der Waals surface area contributed by atoms with Gasteiger partial charge in [-0.1, -0.05) is 0 Å². The number of nitrogens with two attached hydrogens (primary N) is 1. The highest BCUT2D eigenvalue weighted by atomic mass is 32.2. The minimum Gasteiger partial charge on any atom is -0.502 e. The van der Waals surface area contributed by atoms with Crippen molar-refractivity contribution in [2.45, 2.75) is 18.7 Å². The van der Waals surface area contributed by atoms with Gasteiger partial charge in [0.1, 0.15) is 0 Å². The van der Waals surface area contributed by atoms with Gasteiger partial charge in [-0.15, -0.1) is 0 Å². The van der Waals surface area contributed by atoms with Gasteiger partial charge in [-0.3, -0.25) is 14.9 Å². The zero-order chi connectivity index (χ0) is 16.4. The van der Waals surface area contributed by atoms with Crippen molar-refractivity contribution in [2.75, 3.05) is 6.54 Å². The van der Waals surface area contributed by atoms with Crippen molar-refractivity contribution in [2.24, 2.45) is 11.1 Å². The van der Waals surface area contributed by atoms with Gasteiger partial charge in [-0.25, -0.2) is 13.1 Å². The second-order valence-corrected chi connectivity index (χ2v) is 6.75. The number of benzene rings is 1. The van der Waals surface area contributed by atoms with E-state index in [2.05, 4.69) is 4.72 Å². The van der Waals surface area contributed by atoms with Crippen LogP contribution in [0.5, 0.6) is 5.75 Å². The van der Waals surface area contributed by atoms with Crippen LogP contribution in [0.3, 0.4) is 0 Å². The summed E-state index contributed by atoms with van der Waals surface area (Å²) in [6.45, 7) is 2.65. The molecule has 0 heterocycles. The monoisotopic (exact) mass is 317 g/mol. The van der Waals surface area contributed by atoms with E-state index in [-0.39, 0.29) is 6.54 Å². The van der Waals surface area contributed by atoms with Crippen molar-refractivity contribution in [3.63, 3.8) is 0 Å². The van der Waals surface area contributed by atoms with Crippen LogP contribution in [0.1, 0.15) is 13.8 Å². The molecule has 0 bridgehead atoms. The summed E-state index contributed by atoms with van der Waals surface area (Å²) in [5, 5.41) is 20.0. The quantitative estimate of drug-likeness (QED) is 0.499. The Hall–Kier alpha value is -2.20. The topological polar surface area (TPSA) is 153 Å². The lowest BCUT2D eigenvalue weighted by atomic mass is 9.93. The Morgan fingerprint density at radius 2 is 2.05 bits per heavy atom. The van der Waals surface area contributed by atoms with Crippen LogP contribution in [-0.2, 0) is 14.8 Å². The van der Waals surface area contributed by atoms with Crippen LogP contribution < -0.4 is 10.5 Å². The van der Waals surface area contributed by atoms with Crippen LogP contribution in [0.25, 0.3) is 0 Å². The largest absolute Gasteiger partial charge is 0.502 e. The number of sulfonamides is 1. The molecule has 1 rings (SSSR count). The first-order valence-electron chi connectivity index (χ1n) is 5.74. The molecule has 0 saturated heterocycles. The number of aromatic hydroxyl groups is 1. The minimum atomic E-state index is -4.07. The maximum Gasteiger partial charge on any atom is 0.312 e. The Morgan fingerprint density at radius 1 is 1.48 bits per heavy atom. The smallest absolute Gasteiger partial charge is 0.312 e. The Morgan fingerprint density at radius 3 is 2.52 bits per heavy atom. The van der Waals surface area contributed by atoms with Gasteiger partial charge in [-0.05, 0) is 26.0 Å². The maximum absolute atomic E-state index is 12.0. The number of nitrogens with one attached hydrogen (secondary N) is 1. The second-order valence-electron chi connectivity index (χ2n) is 4.98. The molecule has 1 aromatic rings. The van der Waals surface area contributed by atoms with Crippen molar-refractivity contribution >= 4 is 21.6 Å². The van der Waals surface area contributed by atoms with Gasteiger partial charge in [-0.2, -0.15) is 0 Å². The fourth-order valence-electron chi connectivity index (χ4n) is 1.26. The van der Waals surface area contributed by atoms with Crippen LogP contribution in [0.15, 0.2) is 23.1 Å². The van der Waals surface area contributed by atoms with E-state index < -0.39 is 42.6 Å². The Labute approximate surface area is 121 Å². The zero-order valence-electron chi connectivity index (χ0n) is 11.4. The molecule has 0 saturated carbocycles. The number of nitrogens with zero attached hydrogens (tertiary/aromatic N) is 1. The molecule has 0 aromatic heterocycles. The number of phenols is 1. The highest BCUT2D eigenvalue weighted by molar-refractivity contribution is 7.89. The Bertz CT molecular complexity index is 683. The van der Waals surface area contributed by atoms with E-state index in [1.54, 1.807) is 0 Å². The highest BCUT2D eigenvalue weighted by Gasteiger charge is 2.28. The summed E-state index contributed by atoms with van der Waals surface area (Å²) >= 11 is 0. The third kappa shape index (κ3) is 3.89. The molecule has 1 aromatic carbocycles. The number of hydrogen-bond donors (Lipinski definition) is 3. The number of nitro benzene ring substituents is 1. The molecule has 0 aliphatic carbocycles. The molecule has 0 atom stereocenters. The number of phenolic OH excluding ortho intramolecular Hbond substituents is 1. The minimum absolute atomic E-state index is 0.265. The molecular weight excluding hydrogens is 302 g/mol. The SMILES string of the molecule is CC(C)(CNS(=O)(=O)c1ccc(O)c([N+](=O)[O-])c1)C(N)=O. The molecule has 9 nitrogen and oxygen atoms in total.